The Morgan fingerprint density at radius 3 is 2.57 bits per heavy atom. The van der Waals surface area contributed by atoms with Crippen LogP contribution in [-0.4, -0.2) is 42.1 Å². The van der Waals surface area contributed by atoms with Gasteiger partial charge in [-0.25, -0.2) is 0 Å². The second-order valence-corrected chi connectivity index (χ2v) is 7.98. The lowest BCUT2D eigenvalue weighted by atomic mass is 9.88. The van der Waals surface area contributed by atoms with Crippen molar-refractivity contribution in [1.82, 2.24) is 14.8 Å². The van der Waals surface area contributed by atoms with Crippen LogP contribution in [-0.2, 0) is 13.1 Å². The van der Waals surface area contributed by atoms with E-state index in [1.165, 1.54) is 11.1 Å². The molecule has 1 aromatic heterocycles. The smallest absolute Gasteiger partial charge is 0.256 e. The van der Waals surface area contributed by atoms with Gasteiger partial charge in [0.2, 0.25) is 0 Å². The summed E-state index contributed by atoms with van der Waals surface area (Å²) in [6.45, 7) is 4.19. The fourth-order valence-corrected chi connectivity index (χ4v) is 4.99. The zero-order valence-corrected chi connectivity index (χ0v) is 18.1. The Morgan fingerprint density at radius 1 is 1.03 bits per heavy atom. The van der Waals surface area contributed by atoms with Crippen molar-refractivity contribution in [3.05, 3.63) is 65.4 Å². The standard InChI is InChI=1S/C24H27N3O2.ClH/c1-29-22-9-5-3-6-18(22)17-10-13-26(14-11-17)24(28)23-19-7-2-4-8-20(19)27-15-12-25-16-21(23)27;/h2-9,17,25H,10-16H2,1H3;1H. The van der Waals surface area contributed by atoms with Gasteiger partial charge in [-0.1, -0.05) is 36.4 Å². The molecule has 0 saturated carbocycles. The number of carbonyl (C=O) groups is 1. The average molecular weight is 426 g/mol. The van der Waals surface area contributed by atoms with Crippen LogP contribution in [0.2, 0.25) is 0 Å². The molecule has 5 nitrogen and oxygen atoms in total. The molecule has 3 aromatic rings. The summed E-state index contributed by atoms with van der Waals surface area (Å²) in [4.78, 5) is 15.6. The molecule has 1 saturated heterocycles. The quantitative estimate of drug-likeness (QED) is 0.684. The number of aromatic nitrogens is 1. The van der Waals surface area contributed by atoms with E-state index in [2.05, 4.69) is 40.2 Å². The van der Waals surface area contributed by atoms with Crippen LogP contribution in [0.15, 0.2) is 48.5 Å². The number of hydrogen-bond acceptors (Lipinski definition) is 3. The monoisotopic (exact) mass is 425 g/mol. The van der Waals surface area contributed by atoms with Crippen molar-refractivity contribution in [2.24, 2.45) is 0 Å². The second kappa shape index (κ2) is 8.70. The SMILES string of the molecule is COc1ccccc1C1CCN(C(=O)c2c3n(c4ccccc24)CCNC3)CC1.Cl. The summed E-state index contributed by atoms with van der Waals surface area (Å²) >= 11 is 0. The minimum absolute atomic E-state index is 0. The summed E-state index contributed by atoms with van der Waals surface area (Å²) in [6, 6.07) is 16.6. The maximum atomic E-state index is 13.6. The first-order valence-electron chi connectivity index (χ1n) is 10.5. The van der Waals surface area contributed by atoms with Crippen molar-refractivity contribution < 1.29 is 9.53 Å². The molecule has 0 spiro atoms. The fraction of sp³-hybridized carbons (Fsp3) is 0.375. The van der Waals surface area contributed by atoms with Crippen LogP contribution in [0.25, 0.3) is 10.9 Å². The van der Waals surface area contributed by atoms with E-state index in [-0.39, 0.29) is 18.3 Å². The Kier molecular flexibility index (Phi) is 6.02. The van der Waals surface area contributed by atoms with Crippen molar-refractivity contribution >= 4 is 29.2 Å². The van der Waals surface area contributed by atoms with Crippen molar-refractivity contribution in [2.45, 2.75) is 31.8 Å². The van der Waals surface area contributed by atoms with Crippen LogP contribution in [0.5, 0.6) is 5.75 Å². The lowest BCUT2D eigenvalue weighted by Crippen LogP contribution is -2.39. The van der Waals surface area contributed by atoms with E-state index < -0.39 is 0 Å². The maximum Gasteiger partial charge on any atom is 0.256 e. The number of nitrogens with zero attached hydrogens (tertiary/aromatic N) is 2. The molecule has 0 radical (unpaired) electrons. The topological polar surface area (TPSA) is 46.5 Å². The van der Waals surface area contributed by atoms with Crippen LogP contribution in [0.3, 0.4) is 0 Å². The Balaban J connectivity index is 0.00000218. The molecule has 2 aliphatic heterocycles. The predicted molar refractivity (Wildman–Crippen MR) is 122 cm³/mol. The van der Waals surface area contributed by atoms with E-state index in [1.54, 1.807) is 7.11 Å². The predicted octanol–water partition coefficient (Wildman–Crippen LogP) is 4.19. The van der Waals surface area contributed by atoms with Crippen molar-refractivity contribution in [3.8, 4) is 5.75 Å². The molecule has 158 valence electrons. The normalized spacial score (nSPS) is 16.8. The number of likely N-dealkylation sites (tertiary alicyclic amines) is 1. The number of halogens is 1. The van der Waals surface area contributed by atoms with E-state index >= 15 is 0 Å². The van der Waals surface area contributed by atoms with Gasteiger partial charge in [0, 0.05) is 49.3 Å². The Morgan fingerprint density at radius 2 is 1.77 bits per heavy atom. The number of fused-ring (bicyclic) bond motifs is 3. The van der Waals surface area contributed by atoms with Gasteiger partial charge in [0.15, 0.2) is 0 Å². The highest BCUT2D eigenvalue weighted by atomic mass is 35.5. The minimum atomic E-state index is 0. The number of para-hydroxylation sites is 2. The molecule has 6 heteroatoms. The molecule has 5 rings (SSSR count). The highest BCUT2D eigenvalue weighted by Crippen LogP contribution is 2.35. The molecule has 3 heterocycles. The summed E-state index contributed by atoms with van der Waals surface area (Å²) in [5.41, 5.74) is 4.46. The maximum absolute atomic E-state index is 13.6. The number of piperidine rings is 1. The van der Waals surface area contributed by atoms with Crippen molar-refractivity contribution in [2.75, 3.05) is 26.7 Å². The molecule has 2 aromatic carbocycles. The number of methoxy groups -OCH3 is 1. The van der Waals surface area contributed by atoms with E-state index in [1.807, 2.05) is 23.1 Å². The molecule has 1 N–H and O–H groups in total. The Hall–Kier alpha value is -2.50. The van der Waals surface area contributed by atoms with Gasteiger partial charge in [0.25, 0.3) is 5.91 Å². The molecule has 30 heavy (non-hydrogen) atoms. The van der Waals surface area contributed by atoms with E-state index in [0.29, 0.717) is 5.92 Å². The number of ether oxygens (including phenoxy) is 1. The lowest BCUT2D eigenvalue weighted by molar-refractivity contribution is 0.0712. The summed E-state index contributed by atoms with van der Waals surface area (Å²) in [6.07, 6.45) is 1.94. The average Bonchev–Trinajstić information content (AvgIpc) is 3.13. The summed E-state index contributed by atoms with van der Waals surface area (Å²) in [5, 5.41) is 4.52. The van der Waals surface area contributed by atoms with Crippen molar-refractivity contribution in [1.29, 1.82) is 0 Å². The summed E-state index contributed by atoms with van der Waals surface area (Å²) in [7, 11) is 1.73. The number of rotatable bonds is 3. The van der Waals surface area contributed by atoms with Crippen LogP contribution in [0.4, 0.5) is 0 Å². The van der Waals surface area contributed by atoms with Crippen molar-refractivity contribution in [3.63, 3.8) is 0 Å². The van der Waals surface area contributed by atoms with Gasteiger partial charge in [-0.15, -0.1) is 12.4 Å². The lowest BCUT2D eigenvalue weighted by Gasteiger charge is -2.33. The van der Waals surface area contributed by atoms with Gasteiger partial charge in [0.1, 0.15) is 5.75 Å². The van der Waals surface area contributed by atoms with Gasteiger partial charge in [-0.2, -0.15) is 0 Å². The van der Waals surface area contributed by atoms with Gasteiger partial charge < -0.3 is 19.5 Å². The minimum Gasteiger partial charge on any atom is -0.496 e. The molecule has 0 bridgehead atoms. The van der Waals surface area contributed by atoms with Crippen LogP contribution >= 0.6 is 12.4 Å². The first-order valence-corrected chi connectivity index (χ1v) is 10.5. The Labute approximate surface area is 183 Å². The Bertz CT molecular complexity index is 1050. The van der Waals surface area contributed by atoms with Gasteiger partial charge in [0.05, 0.1) is 12.7 Å². The van der Waals surface area contributed by atoms with Crippen LogP contribution in [0.1, 0.15) is 40.4 Å². The number of benzene rings is 2. The third-order valence-electron chi connectivity index (χ3n) is 6.46. The third-order valence-corrected chi connectivity index (χ3v) is 6.46. The molecular formula is C24H28ClN3O2. The summed E-state index contributed by atoms with van der Waals surface area (Å²) < 4.78 is 7.87. The molecule has 1 amide bonds. The number of carbonyl (C=O) groups excluding carboxylic acids is 1. The molecular weight excluding hydrogens is 398 g/mol. The van der Waals surface area contributed by atoms with E-state index in [0.717, 1.165) is 68.0 Å². The number of amides is 1. The van der Waals surface area contributed by atoms with E-state index in [4.69, 9.17) is 4.74 Å². The van der Waals surface area contributed by atoms with Crippen LogP contribution < -0.4 is 10.1 Å². The van der Waals surface area contributed by atoms with Crippen LogP contribution in [0, 0.1) is 0 Å². The zero-order chi connectivity index (χ0) is 19.8. The summed E-state index contributed by atoms with van der Waals surface area (Å²) in [5.74, 6) is 1.57. The molecule has 0 aliphatic carbocycles. The second-order valence-electron chi connectivity index (χ2n) is 7.98. The fourth-order valence-electron chi connectivity index (χ4n) is 4.99. The van der Waals surface area contributed by atoms with E-state index in [9.17, 15) is 4.79 Å². The largest absolute Gasteiger partial charge is 0.496 e. The highest BCUT2D eigenvalue weighted by Gasteiger charge is 2.30. The first-order chi connectivity index (χ1) is 14.3. The van der Waals surface area contributed by atoms with Gasteiger partial charge in [-0.3, -0.25) is 4.79 Å². The van der Waals surface area contributed by atoms with Gasteiger partial charge in [-0.05, 0) is 36.5 Å². The molecule has 1 fully saturated rings. The number of nitrogens with one attached hydrogen (secondary N) is 1. The molecule has 0 unspecified atom stereocenters. The molecule has 2 aliphatic rings. The molecule has 0 atom stereocenters. The number of hydrogen-bond donors (Lipinski definition) is 1. The first kappa shape index (κ1) is 20.8. The zero-order valence-electron chi connectivity index (χ0n) is 17.3. The highest BCUT2D eigenvalue weighted by molar-refractivity contribution is 6.08. The third kappa shape index (κ3) is 3.46. The van der Waals surface area contributed by atoms with Gasteiger partial charge >= 0.3 is 0 Å².